The lowest BCUT2D eigenvalue weighted by molar-refractivity contribution is -0.142. The van der Waals surface area contributed by atoms with E-state index in [1.165, 1.54) is 8.61 Å². The summed E-state index contributed by atoms with van der Waals surface area (Å²) in [6.45, 7) is 1.08. The maximum Gasteiger partial charge on any atom is 0.325 e. The molecule has 2 aliphatic heterocycles. The molecule has 2 heterocycles. The molecule has 2 saturated heterocycles. The second-order valence-corrected chi connectivity index (χ2v) is 7.29. The van der Waals surface area contributed by atoms with E-state index in [1.807, 2.05) is 0 Å². The number of nitrogens with two attached hydrogens (primary N) is 1. The third-order valence-corrected chi connectivity index (χ3v) is 5.89. The predicted molar refractivity (Wildman–Crippen MR) is 69.7 cm³/mol. The van der Waals surface area contributed by atoms with E-state index in [4.69, 9.17) is 10.8 Å². The number of rotatable bonds is 3. The molecule has 19 heavy (non-hydrogen) atoms. The van der Waals surface area contributed by atoms with Gasteiger partial charge in [-0.3, -0.25) is 4.79 Å². The summed E-state index contributed by atoms with van der Waals surface area (Å²) in [5.41, 5.74) is 4.28. The molecule has 1 unspecified atom stereocenters. The molecule has 0 aromatic rings. The van der Waals surface area contributed by atoms with E-state index in [9.17, 15) is 13.2 Å². The van der Waals surface area contributed by atoms with Crippen LogP contribution in [-0.2, 0) is 15.0 Å². The molecule has 0 aromatic heterocycles. The van der Waals surface area contributed by atoms with Crippen LogP contribution in [0, 0.1) is 0 Å². The van der Waals surface area contributed by atoms with Crippen LogP contribution < -0.4 is 5.73 Å². The highest BCUT2D eigenvalue weighted by Gasteiger charge is 2.46. The second-order valence-electron chi connectivity index (χ2n) is 5.37. The Kier molecular flexibility index (Phi) is 4.14. The summed E-state index contributed by atoms with van der Waals surface area (Å²) in [6.07, 6.45) is 3.97. The van der Waals surface area contributed by atoms with Gasteiger partial charge >= 0.3 is 5.97 Å². The standard InChI is InChI=1S/C11H21N3O4S/c12-11(10(15)16)5-8-14(9-11)19(17,18)13-6-3-1-2-4-7-13/h1-9,12H2,(H,15,16). The van der Waals surface area contributed by atoms with Crippen molar-refractivity contribution in [3.8, 4) is 0 Å². The number of aliphatic carboxylic acids is 1. The van der Waals surface area contributed by atoms with Crippen molar-refractivity contribution in [2.45, 2.75) is 37.6 Å². The van der Waals surface area contributed by atoms with Crippen molar-refractivity contribution in [2.24, 2.45) is 5.73 Å². The number of carbonyl (C=O) groups is 1. The Hall–Kier alpha value is -0.700. The lowest BCUT2D eigenvalue weighted by atomic mass is 10.0. The molecule has 8 heteroatoms. The fraction of sp³-hybridized carbons (Fsp3) is 0.909. The molecule has 7 nitrogen and oxygen atoms in total. The van der Waals surface area contributed by atoms with Gasteiger partial charge in [0.25, 0.3) is 10.2 Å². The average Bonchev–Trinajstić information content (AvgIpc) is 2.60. The lowest BCUT2D eigenvalue weighted by Gasteiger charge is -2.27. The van der Waals surface area contributed by atoms with Crippen LogP contribution in [0.15, 0.2) is 0 Å². The van der Waals surface area contributed by atoms with Crippen molar-refractivity contribution >= 4 is 16.2 Å². The van der Waals surface area contributed by atoms with Crippen molar-refractivity contribution in [3.63, 3.8) is 0 Å². The van der Waals surface area contributed by atoms with Gasteiger partial charge in [-0.25, -0.2) is 0 Å². The van der Waals surface area contributed by atoms with Gasteiger partial charge in [-0.15, -0.1) is 0 Å². The van der Waals surface area contributed by atoms with E-state index in [2.05, 4.69) is 0 Å². The summed E-state index contributed by atoms with van der Waals surface area (Å²) in [7, 11) is -3.57. The van der Waals surface area contributed by atoms with E-state index in [0.717, 1.165) is 25.7 Å². The van der Waals surface area contributed by atoms with E-state index in [-0.39, 0.29) is 19.5 Å². The Labute approximate surface area is 113 Å². The Morgan fingerprint density at radius 1 is 1.05 bits per heavy atom. The Bertz CT molecular complexity index is 445. The molecule has 110 valence electrons. The summed E-state index contributed by atoms with van der Waals surface area (Å²) in [5, 5.41) is 9.05. The van der Waals surface area contributed by atoms with Crippen LogP contribution >= 0.6 is 0 Å². The summed E-state index contributed by atoms with van der Waals surface area (Å²) in [5.74, 6) is -1.14. The molecule has 2 rings (SSSR count). The Morgan fingerprint density at radius 3 is 2.11 bits per heavy atom. The highest BCUT2D eigenvalue weighted by molar-refractivity contribution is 7.86. The minimum Gasteiger partial charge on any atom is -0.480 e. The molecule has 0 amide bonds. The fourth-order valence-electron chi connectivity index (χ4n) is 2.60. The van der Waals surface area contributed by atoms with Crippen molar-refractivity contribution < 1.29 is 18.3 Å². The minimum atomic E-state index is -3.57. The second kappa shape index (κ2) is 5.35. The molecule has 0 bridgehead atoms. The molecule has 2 fully saturated rings. The quantitative estimate of drug-likeness (QED) is 0.736. The van der Waals surface area contributed by atoms with Gasteiger partial charge in [-0.1, -0.05) is 12.8 Å². The van der Waals surface area contributed by atoms with Gasteiger partial charge in [-0.05, 0) is 19.3 Å². The largest absolute Gasteiger partial charge is 0.480 e. The van der Waals surface area contributed by atoms with E-state index < -0.39 is 21.7 Å². The number of hydrogen-bond donors (Lipinski definition) is 2. The van der Waals surface area contributed by atoms with Crippen LogP contribution in [0.5, 0.6) is 0 Å². The number of hydrogen-bond acceptors (Lipinski definition) is 4. The summed E-state index contributed by atoms with van der Waals surface area (Å²) >= 11 is 0. The first-order valence-electron chi connectivity index (χ1n) is 6.64. The minimum absolute atomic E-state index is 0.138. The molecule has 0 spiro atoms. The normalized spacial score (nSPS) is 31.2. The molecule has 0 saturated carbocycles. The zero-order valence-corrected chi connectivity index (χ0v) is 11.7. The van der Waals surface area contributed by atoms with Crippen molar-refractivity contribution in [1.29, 1.82) is 0 Å². The molecular weight excluding hydrogens is 270 g/mol. The predicted octanol–water partition coefficient (Wildman–Crippen LogP) is -0.405. The third-order valence-electron chi connectivity index (χ3n) is 3.91. The number of nitrogens with zero attached hydrogens (tertiary/aromatic N) is 2. The summed E-state index contributed by atoms with van der Waals surface area (Å²) < 4.78 is 27.6. The summed E-state index contributed by atoms with van der Waals surface area (Å²) in [6, 6.07) is 0. The van der Waals surface area contributed by atoms with Gasteiger partial charge in [-0.2, -0.15) is 17.0 Å². The molecule has 1 atom stereocenters. The van der Waals surface area contributed by atoms with Crippen molar-refractivity contribution in [2.75, 3.05) is 26.2 Å². The van der Waals surface area contributed by atoms with E-state index >= 15 is 0 Å². The monoisotopic (exact) mass is 291 g/mol. The Balaban J connectivity index is 2.10. The molecular formula is C11H21N3O4S. The van der Waals surface area contributed by atoms with Crippen LogP contribution in [-0.4, -0.2) is 59.8 Å². The van der Waals surface area contributed by atoms with Gasteiger partial charge in [0.1, 0.15) is 5.54 Å². The maximum atomic E-state index is 12.5. The van der Waals surface area contributed by atoms with Gasteiger partial charge in [0.15, 0.2) is 0 Å². The first kappa shape index (κ1) is 14.7. The molecule has 0 aliphatic carbocycles. The van der Waals surface area contributed by atoms with Gasteiger partial charge in [0, 0.05) is 26.2 Å². The lowest BCUT2D eigenvalue weighted by Crippen LogP contribution is -2.52. The van der Waals surface area contributed by atoms with Crippen LogP contribution in [0.2, 0.25) is 0 Å². The first-order chi connectivity index (χ1) is 8.86. The molecule has 3 N–H and O–H groups in total. The van der Waals surface area contributed by atoms with Gasteiger partial charge in [0.05, 0.1) is 0 Å². The van der Waals surface area contributed by atoms with E-state index in [0.29, 0.717) is 13.1 Å². The SMILES string of the molecule is NC1(C(=O)O)CCN(S(=O)(=O)N2CCCCCC2)C1. The highest BCUT2D eigenvalue weighted by atomic mass is 32.2. The highest BCUT2D eigenvalue weighted by Crippen LogP contribution is 2.25. The van der Waals surface area contributed by atoms with E-state index in [1.54, 1.807) is 0 Å². The van der Waals surface area contributed by atoms with Crippen LogP contribution in [0.4, 0.5) is 0 Å². The fourth-order valence-corrected chi connectivity index (χ4v) is 4.37. The third kappa shape index (κ3) is 2.91. The molecule has 0 aromatic carbocycles. The zero-order chi connectivity index (χ0) is 14.1. The van der Waals surface area contributed by atoms with Crippen molar-refractivity contribution in [1.82, 2.24) is 8.61 Å². The van der Waals surface area contributed by atoms with Crippen molar-refractivity contribution in [3.05, 3.63) is 0 Å². The maximum absolute atomic E-state index is 12.5. The topological polar surface area (TPSA) is 104 Å². The first-order valence-corrected chi connectivity index (χ1v) is 8.03. The average molecular weight is 291 g/mol. The Morgan fingerprint density at radius 2 is 1.63 bits per heavy atom. The van der Waals surface area contributed by atoms with Crippen LogP contribution in [0.3, 0.4) is 0 Å². The van der Waals surface area contributed by atoms with Gasteiger partial charge in [0.2, 0.25) is 0 Å². The number of carboxylic acids is 1. The summed E-state index contributed by atoms with van der Waals surface area (Å²) in [4.78, 5) is 11.1. The van der Waals surface area contributed by atoms with Gasteiger partial charge < -0.3 is 10.8 Å². The zero-order valence-electron chi connectivity index (χ0n) is 10.9. The van der Waals surface area contributed by atoms with Crippen LogP contribution in [0.1, 0.15) is 32.1 Å². The van der Waals surface area contributed by atoms with Crippen LogP contribution in [0.25, 0.3) is 0 Å². The molecule has 2 aliphatic rings. The number of carboxylic acid groups (broad SMARTS) is 1. The smallest absolute Gasteiger partial charge is 0.325 e. The molecule has 0 radical (unpaired) electrons.